The van der Waals surface area contributed by atoms with Crippen LogP contribution < -0.4 is 5.56 Å². The number of halogens is 2. The summed E-state index contributed by atoms with van der Waals surface area (Å²) < 4.78 is 28.0. The van der Waals surface area contributed by atoms with E-state index in [0.29, 0.717) is 5.56 Å². The maximum atomic E-state index is 13.7. The molecule has 0 aliphatic heterocycles. The van der Waals surface area contributed by atoms with Gasteiger partial charge in [-0.2, -0.15) is 5.10 Å². The van der Waals surface area contributed by atoms with Gasteiger partial charge in [-0.25, -0.2) is 13.5 Å². The van der Waals surface area contributed by atoms with Crippen LogP contribution in [0.3, 0.4) is 0 Å². The van der Waals surface area contributed by atoms with Crippen molar-refractivity contribution in [2.75, 3.05) is 7.05 Å². The molecular formula is C17H21F2N3O. The van der Waals surface area contributed by atoms with Crippen molar-refractivity contribution in [3.05, 3.63) is 63.6 Å². The van der Waals surface area contributed by atoms with Gasteiger partial charge in [-0.3, -0.25) is 9.69 Å². The van der Waals surface area contributed by atoms with Crippen molar-refractivity contribution in [2.45, 2.75) is 39.4 Å². The predicted octanol–water partition coefficient (Wildman–Crippen LogP) is 2.91. The van der Waals surface area contributed by atoms with Gasteiger partial charge in [-0.05, 0) is 19.2 Å². The van der Waals surface area contributed by atoms with Gasteiger partial charge in [-0.15, -0.1) is 0 Å². The second-order valence-electron chi connectivity index (χ2n) is 6.70. The van der Waals surface area contributed by atoms with Crippen LogP contribution in [0.4, 0.5) is 8.78 Å². The molecule has 0 saturated carbocycles. The van der Waals surface area contributed by atoms with Gasteiger partial charge in [-0.1, -0.05) is 26.8 Å². The van der Waals surface area contributed by atoms with Crippen molar-refractivity contribution in [3.8, 4) is 0 Å². The third-order valence-electron chi connectivity index (χ3n) is 3.47. The van der Waals surface area contributed by atoms with Gasteiger partial charge in [0.05, 0.1) is 12.4 Å². The molecule has 0 atom stereocenters. The van der Waals surface area contributed by atoms with Crippen LogP contribution in [0, 0.1) is 11.6 Å². The minimum absolute atomic E-state index is 0.170. The zero-order valence-electron chi connectivity index (χ0n) is 13.8. The van der Waals surface area contributed by atoms with E-state index < -0.39 is 11.6 Å². The van der Waals surface area contributed by atoms with Gasteiger partial charge < -0.3 is 0 Å². The van der Waals surface area contributed by atoms with Gasteiger partial charge in [0.2, 0.25) is 0 Å². The maximum Gasteiger partial charge on any atom is 0.267 e. The first-order valence-corrected chi connectivity index (χ1v) is 7.38. The minimum Gasteiger partial charge on any atom is -0.283 e. The maximum absolute atomic E-state index is 13.7. The molecule has 4 nitrogen and oxygen atoms in total. The van der Waals surface area contributed by atoms with Crippen LogP contribution in [0.15, 0.2) is 35.1 Å². The molecule has 0 amide bonds. The van der Waals surface area contributed by atoms with Crippen molar-refractivity contribution >= 4 is 0 Å². The Morgan fingerprint density at radius 1 is 1.17 bits per heavy atom. The van der Waals surface area contributed by atoms with E-state index in [-0.39, 0.29) is 24.2 Å². The first-order valence-electron chi connectivity index (χ1n) is 7.38. The summed E-state index contributed by atoms with van der Waals surface area (Å²) in [5.41, 5.74) is 0.786. The topological polar surface area (TPSA) is 38.1 Å². The quantitative estimate of drug-likeness (QED) is 0.869. The van der Waals surface area contributed by atoms with Crippen molar-refractivity contribution in [1.29, 1.82) is 0 Å². The summed E-state index contributed by atoms with van der Waals surface area (Å²) in [7, 11) is 1.75. The Balaban J connectivity index is 2.17. The predicted molar refractivity (Wildman–Crippen MR) is 85.0 cm³/mol. The Bertz CT molecular complexity index is 750. The molecule has 0 saturated heterocycles. The van der Waals surface area contributed by atoms with Crippen molar-refractivity contribution in [2.24, 2.45) is 0 Å². The molecule has 0 aliphatic rings. The van der Waals surface area contributed by atoms with Crippen LogP contribution in [0.25, 0.3) is 0 Å². The first kappa shape index (κ1) is 17.3. The lowest BCUT2D eigenvalue weighted by Crippen LogP contribution is -2.33. The van der Waals surface area contributed by atoms with Gasteiger partial charge >= 0.3 is 0 Å². The van der Waals surface area contributed by atoms with E-state index in [9.17, 15) is 13.6 Å². The number of hydrogen-bond donors (Lipinski definition) is 0. The number of benzene rings is 1. The van der Waals surface area contributed by atoms with E-state index in [1.54, 1.807) is 18.0 Å². The third kappa shape index (κ3) is 4.45. The number of aromatic nitrogens is 2. The Morgan fingerprint density at radius 3 is 2.48 bits per heavy atom. The Morgan fingerprint density at radius 2 is 1.87 bits per heavy atom. The fourth-order valence-electron chi connectivity index (χ4n) is 2.17. The first-order chi connectivity index (χ1) is 10.7. The molecule has 0 aliphatic carbocycles. The molecule has 2 aromatic rings. The van der Waals surface area contributed by atoms with Gasteiger partial charge in [0.15, 0.2) is 0 Å². The highest BCUT2D eigenvalue weighted by atomic mass is 19.1. The zero-order valence-corrected chi connectivity index (χ0v) is 13.8. The molecule has 2 rings (SSSR count). The number of nitrogens with zero attached hydrogens (tertiary/aromatic N) is 3. The van der Waals surface area contributed by atoms with Gasteiger partial charge in [0, 0.05) is 29.7 Å². The highest BCUT2D eigenvalue weighted by Gasteiger charge is 2.17. The molecule has 0 unspecified atom stereocenters. The second kappa shape index (κ2) is 6.58. The van der Waals surface area contributed by atoms with Gasteiger partial charge in [0.25, 0.3) is 5.56 Å². The van der Waals surface area contributed by atoms with Crippen LogP contribution in [-0.4, -0.2) is 21.7 Å². The lowest BCUT2D eigenvalue weighted by molar-refractivity contribution is 0.234. The van der Waals surface area contributed by atoms with E-state index >= 15 is 0 Å². The lowest BCUT2D eigenvalue weighted by Gasteiger charge is -2.21. The summed E-state index contributed by atoms with van der Waals surface area (Å²) in [4.78, 5) is 13.7. The van der Waals surface area contributed by atoms with Crippen LogP contribution in [0.2, 0.25) is 0 Å². The fraction of sp³-hybridized carbons (Fsp3) is 0.412. The highest BCUT2D eigenvalue weighted by Crippen LogP contribution is 2.18. The Hall–Kier alpha value is -2.08. The van der Waals surface area contributed by atoms with Crippen molar-refractivity contribution in [3.63, 3.8) is 0 Å². The average Bonchev–Trinajstić information content (AvgIpc) is 2.43. The monoisotopic (exact) mass is 321 g/mol. The molecule has 6 heteroatoms. The lowest BCUT2D eigenvalue weighted by atomic mass is 9.92. The summed E-state index contributed by atoms with van der Waals surface area (Å²) in [5.74, 6) is -1.20. The molecule has 124 valence electrons. The highest BCUT2D eigenvalue weighted by molar-refractivity contribution is 5.18. The molecule has 0 bridgehead atoms. The normalized spacial score (nSPS) is 12.0. The molecule has 1 heterocycles. The zero-order chi connectivity index (χ0) is 17.2. The molecule has 0 N–H and O–H groups in total. The molecule has 0 radical (unpaired) electrons. The van der Waals surface area contributed by atoms with E-state index in [4.69, 9.17) is 0 Å². The van der Waals surface area contributed by atoms with Crippen LogP contribution in [0.1, 0.15) is 32.0 Å². The summed E-state index contributed by atoms with van der Waals surface area (Å²) >= 11 is 0. The van der Waals surface area contributed by atoms with E-state index in [1.165, 1.54) is 22.9 Å². The standard InChI is InChI=1S/C17H21F2N3O/c1-17(2,3)15-7-8-16(23)22(20-15)11-21(4)10-12-5-6-13(18)9-14(12)19/h5-9H,10-11H2,1-4H3. The van der Waals surface area contributed by atoms with Crippen LogP contribution in [-0.2, 0) is 18.6 Å². The van der Waals surface area contributed by atoms with Crippen LogP contribution in [0.5, 0.6) is 0 Å². The summed E-state index contributed by atoms with van der Waals surface area (Å²) in [6, 6.07) is 6.69. The molecule has 0 fully saturated rings. The van der Waals surface area contributed by atoms with E-state index in [2.05, 4.69) is 5.10 Å². The second-order valence-corrected chi connectivity index (χ2v) is 6.70. The van der Waals surface area contributed by atoms with Crippen LogP contribution >= 0.6 is 0 Å². The molecular weight excluding hydrogens is 300 g/mol. The van der Waals surface area contributed by atoms with Crippen molar-refractivity contribution < 1.29 is 8.78 Å². The summed E-state index contributed by atoms with van der Waals surface area (Å²) in [6.07, 6.45) is 0. The molecule has 23 heavy (non-hydrogen) atoms. The SMILES string of the molecule is CN(Cc1ccc(F)cc1F)Cn1nc(C(C)(C)C)ccc1=O. The minimum atomic E-state index is -0.607. The Kier molecular flexibility index (Phi) is 4.94. The van der Waals surface area contributed by atoms with Crippen molar-refractivity contribution in [1.82, 2.24) is 14.7 Å². The molecule has 1 aromatic carbocycles. The molecule has 1 aromatic heterocycles. The smallest absolute Gasteiger partial charge is 0.267 e. The summed E-state index contributed by atoms with van der Waals surface area (Å²) in [6.45, 7) is 6.52. The molecule has 0 spiro atoms. The largest absolute Gasteiger partial charge is 0.283 e. The van der Waals surface area contributed by atoms with Gasteiger partial charge in [0.1, 0.15) is 11.6 Å². The third-order valence-corrected chi connectivity index (χ3v) is 3.47. The number of rotatable bonds is 4. The number of hydrogen-bond acceptors (Lipinski definition) is 3. The average molecular weight is 321 g/mol. The van der Waals surface area contributed by atoms with E-state index in [1.807, 2.05) is 20.8 Å². The Labute approximate surface area is 134 Å². The fourth-order valence-corrected chi connectivity index (χ4v) is 2.17. The summed E-state index contributed by atoms with van der Waals surface area (Å²) in [5, 5.41) is 4.37. The van der Waals surface area contributed by atoms with E-state index in [0.717, 1.165) is 11.8 Å².